The van der Waals surface area contributed by atoms with Crippen molar-refractivity contribution < 1.29 is 14.3 Å². The van der Waals surface area contributed by atoms with E-state index in [9.17, 15) is 9.59 Å². The molecule has 116 valence electrons. The summed E-state index contributed by atoms with van der Waals surface area (Å²) in [5, 5.41) is 0. The van der Waals surface area contributed by atoms with Gasteiger partial charge in [0.2, 0.25) is 5.91 Å². The number of carbonyl (C=O) groups is 2. The highest BCUT2D eigenvalue weighted by molar-refractivity contribution is 6.13. The zero-order valence-electron chi connectivity index (χ0n) is 13.8. The zero-order chi connectivity index (χ0) is 16.2. The number of fused-ring (bicyclic) bond motifs is 1. The molecule has 1 aliphatic heterocycles. The minimum Gasteiger partial charge on any atom is -0.497 e. The molecule has 1 aromatic carbocycles. The molecule has 0 fully saturated rings. The Kier molecular flexibility index (Phi) is 5.53. The summed E-state index contributed by atoms with van der Waals surface area (Å²) in [6.45, 7) is 10.1. The second-order valence-electron chi connectivity index (χ2n) is 5.30. The van der Waals surface area contributed by atoms with Crippen molar-refractivity contribution in [1.29, 1.82) is 0 Å². The molecule has 2 amide bonds. The first-order chi connectivity index (χ1) is 9.93. The quantitative estimate of drug-likeness (QED) is 0.802. The fraction of sp³-hybridized carbons (Fsp3) is 0.529. The standard InChI is InChI=1S/C15H19NO3.C2H6/c1-5-8-16-13(17)11-9-10(19-4)6-7-12(11)15(2,3)14(16)18;1-2/h6-7,9H,5,8H2,1-4H3;1-2H3. The monoisotopic (exact) mass is 291 g/mol. The number of carbonyl (C=O) groups excluding carboxylic acids is 2. The van der Waals surface area contributed by atoms with Gasteiger partial charge in [0.05, 0.1) is 12.5 Å². The lowest BCUT2D eigenvalue weighted by Crippen LogP contribution is -2.51. The van der Waals surface area contributed by atoms with Crippen molar-refractivity contribution >= 4 is 11.8 Å². The summed E-state index contributed by atoms with van der Waals surface area (Å²) in [6, 6.07) is 5.32. The third-order valence-corrected chi connectivity index (χ3v) is 3.60. The Morgan fingerprint density at radius 3 is 2.33 bits per heavy atom. The zero-order valence-corrected chi connectivity index (χ0v) is 13.8. The molecule has 0 N–H and O–H groups in total. The largest absolute Gasteiger partial charge is 0.497 e. The van der Waals surface area contributed by atoms with Crippen molar-refractivity contribution in [3.05, 3.63) is 29.3 Å². The van der Waals surface area contributed by atoms with Gasteiger partial charge in [0.15, 0.2) is 0 Å². The van der Waals surface area contributed by atoms with E-state index < -0.39 is 5.41 Å². The molecule has 1 aliphatic rings. The molecule has 0 unspecified atom stereocenters. The molecule has 0 radical (unpaired) electrons. The molecule has 1 aromatic rings. The van der Waals surface area contributed by atoms with Crippen molar-refractivity contribution in [2.24, 2.45) is 0 Å². The van der Waals surface area contributed by atoms with E-state index >= 15 is 0 Å². The van der Waals surface area contributed by atoms with Gasteiger partial charge in [-0.15, -0.1) is 0 Å². The highest BCUT2D eigenvalue weighted by atomic mass is 16.5. The first-order valence-corrected chi connectivity index (χ1v) is 7.48. The van der Waals surface area contributed by atoms with Crippen LogP contribution in [0.3, 0.4) is 0 Å². The average molecular weight is 291 g/mol. The van der Waals surface area contributed by atoms with Gasteiger partial charge >= 0.3 is 0 Å². The molecule has 0 aromatic heterocycles. The van der Waals surface area contributed by atoms with Crippen LogP contribution in [-0.2, 0) is 10.2 Å². The molecule has 4 heteroatoms. The Labute approximate surface area is 127 Å². The molecule has 21 heavy (non-hydrogen) atoms. The van der Waals surface area contributed by atoms with Crippen molar-refractivity contribution in [2.45, 2.75) is 46.5 Å². The van der Waals surface area contributed by atoms with Gasteiger partial charge in [0.25, 0.3) is 5.91 Å². The SMILES string of the molecule is CC.CCCN1C(=O)c2cc(OC)ccc2C(C)(C)C1=O. The number of hydrogen-bond acceptors (Lipinski definition) is 3. The Morgan fingerprint density at radius 2 is 1.81 bits per heavy atom. The smallest absolute Gasteiger partial charge is 0.260 e. The van der Waals surface area contributed by atoms with E-state index in [1.807, 2.05) is 40.7 Å². The maximum absolute atomic E-state index is 12.4. The fourth-order valence-corrected chi connectivity index (χ4v) is 2.49. The molecule has 0 aliphatic carbocycles. The van der Waals surface area contributed by atoms with Crippen molar-refractivity contribution in [3.63, 3.8) is 0 Å². The summed E-state index contributed by atoms with van der Waals surface area (Å²) in [5.74, 6) is 0.283. The second-order valence-corrected chi connectivity index (χ2v) is 5.30. The lowest BCUT2D eigenvalue weighted by molar-refractivity contribution is -0.134. The van der Waals surface area contributed by atoms with E-state index in [1.54, 1.807) is 19.2 Å². The topological polar surface area (TPSA) is 46.6 Å². The van der Waals surface area contributed by atoms with Crippen LogP contribution in [0.2, 0.25) is 0 Å². The number of benzene rings is 1. The van der Waals surface area contributed by atoms with Crippen molar-refractivity contribution in [1.82, 2.24) is 4.90 Å². The van der Waals surface area contributed by atoms with Gasteiger partial charge in [0, 0.05) is 12.1 Å². The number of nitrogens with zero attached hydrogens (tertiary/aromatic N) is 1. The molecular formula is C17H25NO3. The van der Waals surface area contributed by atoms with Crippen LogP contribution in [0, 0.1) is 0 Å². The maximum atomic E-state index is 12.4. The molecule has 0 saturated heterocycles. The summed E-state index contributed by atoms with van der Waals surface area (Å²) < 4.78 is 5.16. The molecule has 1 heterocycles. The second kappa shape index (κ2) is 6.74. The van der Waals surface area contributed by atoms with E-state index in [4.69, 9.17) is 4.74 Å². The third-order valence-electron chi connectivity index (χ3n) is 3.60. The first kappa shape index (κ1) is 17.2. The molecular weight excluding hydrogens is 266 g/mol. The molecule has 0 bridgehead atoms. The highest BCUT2D eigenvalue weighted by Gasteiger charge is 2.44. The van der Waals surface area contributed by atoms with E-state index in [-0.39, 0.29) is 11.8 Å². The van der Waals surface area contributed by atoms with Crippen LogP contribution in [0.25, 0.3) is 0 Å². The number of imide groups is 1. The van der Waals surface area contributed by atoms with Crippen molar-refractivity contribution in [3.8, 4) is 5.75 Å². The van der Waals surface area contributed by atoms with Gasteiger partial charge in [-0.1, -0.05) is 26.8 Å². The Bertz CT molecular complexity index is 535. The predicted molar refractivity (Wildman–Crippen MR) is 83.7 cm³/mol. The summed E-state index contributed by atoms with van der Waals surface area (Å²) in [5.41, 5.74) is 0.665. The number of hydrogen-bond donors (Lipinski definition) is 0. The minimum absolute atomic E-state index is 0.128. The van der Waals surface area contributed by atoms with Crippen LogP contribution < -0.4 is 4.74 Å². The minimum atomic E-state index is -0.676. The molecule has 0 spiro atoms. The normalized spacial score (nSPS) is 16.0. The first-order valence-electron chi connectivity index (χ1n) is 7.48. The number of methoxy groups -OCH3 is 1. The molecule has 2 rings (SSSR count). The van der Waals surface area contributed by atoms with Gasteiger partial charge < -0.3 is 4.74 Å². The van der Waals surface area contributed by atoms with E-state index in [0.717, 1.165) is 12.0 Å². The Hall–Kier alpha value is -1.84. The van der Waals surface area contributed by atoms with Crippen LogP contribution in [0.1, 0.15) is 57.0 Å². The third kappa shape index (κ3) is 2.94. The average Bonchev–Trinajstić information content (AvgIpc) is 2.51. The van der Waals surface area contributed by atoms with E-state index in [0.29, 0.717) is 17.9 Å². The lowest BCUT2D eigenvalue weighted by atomic mass is 9.77. The van der Waals surface area contributed by atoms with Gasteiger partial charge in [-0.05, 0) is 38.0 Å². The summed E-state index contributed by atoms with van der Waals surface area (Å²) in [6.07, 6.45) is 0.757. The van der Waals surface area contributed by atoms with E-state index in [1.165, 1.54) is 4.90 Å². The fourth-order valence-electron chi connectivity index (χ4n) is 2.49. The predicted octanol–water partition coefficient (Wildman–Crippen LogP) is 3.39. The van der Waals surface area contributed by atoms with Gasteiger partial charge in [-0.3, -0.25) is 14.5 Å². The van der Waals surface area contributed by atoms with Crippen molar-refractivity contribution in [2.75, 3.05) is 13.7 Å². The summed E-state index contributed by atoms with van der Waals surface area (Å²) in [4.78, 5) is 26.2. The molecule has 0 atom stereocenters. The number of ether oxygens (including phenoxy) is 1. The van der Waals surface area contributed by atoms with Gasteiger partial charge in [0.1, 0.15) is 5.75 Å². The summed E-state index contributed by atoms with van der Waals surface area (Å²) in [7, 11) is 1.56. The molecule has 0 saturated carbocycles. The lowest BCUT2D eigenvalue weighted by Gasteiger charge is -2.37. The van der Waals surface area contributed by atoms with Gasteiger partial charge in [-0.25, -0.2) is 0 Å². The van der Waals surface area contributed by atoms with Crippen LogP contribution in [-0.4, -0.2) is 30.4 Å². The Morgan fingerprint density at radius 1 is 1.19 bits per heavy atom. The Balaban J connectivity index is 0.00000106. The highest BCUT2D eigenvalue weighted by Crippen LogP contribution is 2.36. The maximum Gasteiger partial charge on any atom is 0.260 e. The van der Waals surface area contributed by atoms with Crippen LogP contribution in [0.15, 0.2) is 18.2 Å². The number of rotatable bonds is 3. The van der Waals surface area contributed by atoms with Crippen LogP contribution in [0.4, 0.5) is 0 Å². The molecule has 4 nitrogen and oxygen atoms in total. The van der Waals surface area contributed by atoms with Crippen LogP contribution in [0.5, 0.6) is 5.75 Å². The number of amides is 2. The summed E-state index contributed by atoms with van der Waals surface area (Å²) >= 11 is 0. The van der Waals surface area contributed by atoms with Crippen LogP contribution >= 0.6 is 0 Å². The van der Waals surface area contributed by atoms with E-state index in [2.05, 4.69) is 0 Å². The van der Waals surface area contributed by atoms with Gasteiger partial charge in [-0.2, -0.15) is 0 Å².